The second-order valence-electron chi connectivity index (χ2n) is 6.50. The molecular weight excluding hydrogens is 438 g/mol. The van der Waals surface area contributed by atoms with Gasteiger partial charge in [0.05, 0.1) is 23.9 Å². The summed E-state index contributed by atoms with van der Waals surface area (Å²) >= 11 is 7.12. The topological polar surface area (TPSA) is 98.6 Å². The number of benzene rings is 2. The molecule has 9 heteroatoms. The van der Waals surface area contributed by atoms with E-state index in [4.69, 9.17) is 16.0 Å². The van der Waals surface area contributed by atoms with E-state index in [-0.39, 0.29) is 24.0 Å². The molecule has 0 atom stereocenters. The van der Waals surface area contributed by atoms with Crippen molar-refractivity contribution in [3.63, 3.8) is 0 Å². The third-order valence-corrected chi connectivity index (χ3v) is 5.53. The highest BCUT2D eigenvalue weighted by Crippen LogP contribution is 2.34. The Morgan fingerprint density at radius 2 is 1.94 bits per heavy atom. The van der Waals surface area contributed by atoms with Crippen molar-refractivity contribution in [3.8, 4) is 11.5 Å². The maximum absolute atomic E-state index is 13.0. The van der Waals surface area contributed by atoms with Gasteiger partial charge in [0.25, 0.3) is 5.91 Å². The van der Waals surface area contributed by atoms with E-state index in [0.717, 1.165) is 5.56 Å². The molecule has 0 radical (unpaired) electrons. The average Bonchev–Trinajstić information content (AvgIpc) is 3.36. The zero-order chi connectivity index (χ0) is 21.8. The minimum Gasteiger partial charge on any atom is -0.508 e. The number of hydrogen-bond acceptors (Lipinski definition) is 7. The first-order valence-electron chi connectivity index (χ1n) is 9.12. The highest BCUT2D eigenvalue weighted by atomic mass is 35.5. The van der Waals surface area contributed by atoms with E-state index < -0.39 is 0 Å². The Hall–Kier alpha value is -3.49. The van der Waals surface area contributed by atoms with Crippen molar-refractivity contribution in [1.82, 2.24) is 4.90 Å². The molecule has 4 rings (SSSR count). The van der Waals surface area contributed by atoms with Gasteiger partial charge >= 0.3 is 0 Å². The Kier molecular flexibility index (Phi) is 6.11. The van der Waals surface area contributed by atoms with Crippen LogP contribution in [-0.2, 0) is 11.3 Å². The zero-order valence-electron chi connectivity index (χ0n) is 16.0. The van der Waals surface area contributed by atoms with Crippen LogP contribution in [0.4, 0.5) is 0 Å². The Morgan fingerprint density at radius 3 is 2.68 bits per heavy atom. The number of phenolic OH excluding ortho intramolecular Hbond substituents is 2. The van der Waals surface area contributed by atoms with Gasteiger partial charge in [0.2, 0.25) is 0 Å². The summed E-state index contributed by atoms with van der Waals surface area (Å²) in [6.07, 6.45) is 4.62. The van der Waals surface area contributed by atoms with Crippen LogP contribution in [0.25, 0.3) is 6.08 Å². The Bertz CT molecular complexity index is 1190. The molecule has 1 aliphatic rings. The summed E-state index contributed by atoms with van der Waals surface area (Å²) < 4.78 is 5.37. The van der Waals surface area contributed by atoms with Gasteiger partial charge in [-0.15, -0.1) is 5.10 Å². The Labute approximate surface area is 187 Å². The van der Waals surface area contributed by atoms with Crippen molar-refractivity contribution >= 4 is 46.7 Å². The van der Waals surface area contributed by atoms with E-state index in [0.29, 0.717) is 26.4 Å². The lowest BCUT2D eigenvalue weighted by Gasteiger charge is -2.12. The number of carbonyl (C=O) groups is 1. The first-order valence-corrected chi connectivity index (χ1v) is 10.3. The first kappa shape index (κ1) is 20.8. The standard InChI is InChI=1S/C22H16ClN3O4S/c23-16-5-8-19(28)15(11-16)12-24-25-22-26(13-18-2-1-9-30-18)21(29)20(31-22)10-14-3-6-17(27)7-4-14/h1-12,27-28H,13H2/b20-10-,24-12-,25-22+. The molecule has 7 nitrogen and oxygen atoms in total. The molecule has 1 aromatic heterocycles. The summed E-state index contributed by atoms with van der Waals surface area (Å²) in [4.78, 5) is 14.9. The molecule has 156 valence electrons. The third-order valence-electron chi connectivity index (χ3n) is 4.30. The van der Waals surface area contributed by atoms with Crippen LogP contribution in [0.3, 0.4) is 0 Å². The monoisotopic (exact) mass is 453 g/mol. The number of amidine groups is 1. The summed E-state index contributed by atoms with van der Waals surface area (Å²) in [5.74, 6) is 0.523. The largest absolute Gasteiger partial charge is 0.508 e. The van der Waals surface area contributed by atoms with Gasteiger partial charge in [-0.1, -0.05) is 23.7 Å². The molecule has 2 heterocycles. The third kappa shape index (κ3) is 4.99. The van der Waals surface area contributed by atoms with Crippen molar-refractivity contribution in [2.45, 2.75) is 6.54 Å². The second kappa shape index (κ2) is 9.11. The number of hydrogen-bond donors (Lipinski definition) is 2. The SMILES string of the molecule is O=C1/C(=C/c2ccc(O)cc2)S/C(=N/N=C\c2cc(Cl)ccc2O)N1Cc1ccco1. The second-order valence-corrected chi connectivity index (χ2v) is 7.95. The quantitative estimate of drug-likeness (QED) is 0.327. The normalized spacial score (nSPS) is 16.8. The van der Waals surface area contributed by atoms with E-state index >= 15 is 0 Å². The van der Waals surface area contributed by atoms with Crippen LogP contribution in [0.1, 0.15) is 16.9 Å². The fourth-order valence-corrected chi connectivity index (χ4v) is 3.89. The number of aromatic hydroxyl groups is 2. The molecule has 1 aliphatic heterocycles. The van der Waals surface area contributed by atoms with Gasteiger partial charge in [0.1, 0.15) is 17.3 Å². The number of halogens is 1. The van der Waals surface area contributed by atoms with E-state index in [2.05, 4.69) is 10.2 Å². The van der Waals surface area contributed by atoms with E-state index in [9.17, 15) is 15.0 Å². The van der Waals surface area contributed by atoms with E-state index in [1.807, 2.05) is 0 Å². The van der Waals surface area contributed by atoms with Gasteiger partial charge in [-0.3, -0.25) is 9.69 Å². The molecule has 31 heavy (non-hydrogen) atoms. The van der Waals surface area contributed by atoms with Crippen LogP contribution in [0.2, 0.25) is 5.02 Å². The smallest absolute Gasteiger partial charge is 0.267 e. The summed E-state index contributed by atoms with van der Waals surface area (Å²) in [6, 6.07) is 14.6. The molecule has 3 aromatic rings. The van der Waals surface area contributed by atoms with E-state index in [1.165, 1.54) is 35.2 Å². The molecular formula is C22H16ClN3O4S. The number of amides is 1. The summed E-state index contributed by atoms with van der Waals surface area (Å²) in [5, 5.41) is 28.4. The lowest BCUT2D eigenvalue weighted by atomic mass is 10.2. The lowest BCUT2D eigenvalue weighted by molar-refractivity contribution is -0.122. The maximum Gasteiger partial charge on any atom is 0.267 e. The van der Waals surface area contributed by atoms with Crippen molar-refractivity contribution in [2.24, 2.45) is 10.2 Å². The fraction of sp³-hybridized carbons (Fsp3) is 0.0455. The van der Waals surface area contributed by atoms with Crippen LogP contribution in [0, 0.1) is 0 Å². The fourth-order valence-electron chi connectivity index (χ4n) is 2.77. The van der Waals surface area contributed by atoms with Crippen molar-refractivity contribution < 1.29 is 19.4 Å². The molecule has 0 aliphatic carbocycles. The molecule has 1 saturated heterocycles. The molecule has 1 amide bonds. The zero-order valence-corrected chi connectivity index (χ0v) is 17.5. The highest BCUT2D eigenvalue weighted by Gasteiger charge is 2.34. The minimum atomic E-state index is -0.242. The molecule has 0 saturated carbocycles. The average molecular weight is 454 g/mol. The van der Waals surface area contributed by atoms with Crippen LogP contribution in [0.15, 0.2) is 80.4 Å². The van der Waals surface area contributed by atoms with Gasteiger partial charge in [-0.05, 0) is 65.9 Å². The van der Waals surface area contributed by atoms with Gasteiger partial charge in [-0.2, -0.15) is 5.10 Å². The molecule has 0 spiro atoms. The molecule has 0 unspecified atom stereocenters. The van der Waals surface area contributed by atoms with Gasteiger partial charge in [-0.25, -0.2) is 0 Å². The molecule has 2 aromatic carbocycles. The molecule has 0 bridgehead atoms. The van der Waals surface area contributed by atoms with Crippen LogP contribution in [0.5, 0.6) is 11.5 Å². The number of furan rings is 1. The number of nitrogens with zero attached hydrogens (tertiary/aromatic N) is 3. The Balaban J connectivity index is 1.63. The summed E-state index contributed by atoms with van der Waals surface area (Å²) in [7, 11) is 0. The summed E-state index contributed by atoms with van der Waals surface area (Å²) in [5.41, 5.74) is 1.17. The number of thioether (sulfide) groups is 1. The van der Waals surface area contributed by atoms with Crippen molar-refractivity contribution in [3.05, 3.63) is 87.7 Å². The number of phenols is 2. The van der Waals surface area contributed by atoms with Crippen molar-refractivity contribution in [2.75, 3.05) is 0 Å². The first-order chi connectivity index (χ1) is 15.0. The molecule has 2 N–H and O–H groups in total. The van der Waals surface area contributed by atoms with Crippen molar-refractivity contribution in [1.29, 1.82) is 0 Å². The highest BCUT2D eigenvalue weighted by molar-refractivity contribution is 8.18. The van der Waals surface area contributed by atoms with Crippen LogP contribution < -0.4 is 0 Å². The Morgan fingerprint density at radius 1 is 1.13 bits per heavy atom. The summed E-state index contributed by atoms with van der Waals surface area (Å²) in [6.45, 7) is 0.197. The minimum absolute atomic E-state index is 0.0175. The van der Waals surface area contributed by atoms with Gasteiger partial charge in [0.15, 0.2) is 5.17 Å². The van der Waals surface area contributed by atoms with E-state index in [1.54, 1.807) is 54.6 Å². The predicted molar refractivity (Wildman–Crippen MR) is 121 cm³/mol. The predicted octanol–water partition coefficient (Wildman–Crippen LogP) is 4.85. The molecule has 1 fully saturated rings. The number of rotatable bonds is 5. The van der Waals surface area contributed by atoms with Crippen LogP contribution >= 0.6 is 23.4 Å². The number of carbonyl (C=O) groups excluding carboxylic acids is 1. The lowest BCUT2D eigenvalue weighted by Crippen LogP contribution is -2.28. The van der Waals surface area contributed by atoms with Gasteiger partial charge in [0, 0.05) is 10.6 Å². The van der Waals surface area contributed by atoms with Gasteiger partial charge < -0.3 is 14.6 Å². The maximum atomic E-state index is 13.0. The van der Waals surface area contributed by atoms with Crippen LogP contribution in [-0.4, -0.2) is 32.4 Å².